The van der Waals surface area contributed by atoms with Gasteiger partial charge in [0.2, 0.25) is 0 Å². The minimum absolute atomic E-state index is 0.341. The zero-order valence-electron chi connectivity index (χ0n) is 8.04. The molecule has 14 heavy (non-hydrogen) atoms. The van der Waals surface area contributed by atoms with E-state index in [0.29, 0.717) is 0 Å². The van der Waals surface area contributed by atoms with E-state index in [1.807, 2.05) is 25.1 Å². The molecule has 4 nitrogen and oxygen atoms in total. The molecular formula is C9H12BrN3O. The first kappa shape index (κ1) is 11.0. The van der Waals surface area contributed by atoms with E-state index in [4.69, 9.17) is 5.84 Å². The maximum atomic E-state index is 11.3. The largest absolute Gasteiger partial charge is 0.335 e. The van der Waals surface area contributed by atoms with Crippen LogP contribution in [0.5, 0.6) is 0 Å². The number of amides is 2. The average Bonchev–Trinajstić information content (AvgIpc) is 2.19. The Balaban J connectivity index is 3.05. The van der Waals surface area contributed by atoms with Crippen LogP contribution in [0.3, 0.4) is 0 Å². The number of hydrazine groups is 1. The molecule has 3 N–H and O–H groups in total. The summed E-state index contributed by atoms with van der Waals surface area (Å²) in [5.74, 6) is 5.05. The Morgan fingerprint density at radius 2 is 2.21 bits per heavy atom. The topological polar surface area (TPSA) is 58.4 Å². The van der Waals surface area contributed by atoms with Crippen molar-refractivity contribution in [2.24, 2.45) is 5.84 Å². The van der Waals surface area contributed by atoms with Crippen LogP contribution in [-0.4, -0.2) is 13.1 Å². The van der Waals surface area contributed by atoms with Crippen molar-refractivity contribution in [1.29, 1.82) is 0 Å². The van der Waals surface area contributed by atoms with Crippen LogP contribution < -0.4 is 16.2 Å². The molecule has 0 saturated carbocycles. The van der Waals surface area contributed by atoms with E-state index < -0.39 is 0 Å². The van der Waals surface area contributed by atoms with Gasteiger partial charge in [0, 0.05) is 17.2 Å². The zero-order valence-corrected chi connectivity index (χ0v) is 9.63. The van der Waals surface area contributed by atoms with Gasteiger partial charge in [-0.3, -0.25) is 10.3 Å². The Morgan fingerprint density at radius 3 is 2.79 bits per heavy atom. The molecule has 0 heterocycles. The molecule has 1 rings (SSSR count). The van der Waals surface area contributed by atoms with E-state index in [1.54, 1.807) is 7.05 Å². The normalized spacial score (nSPS) is 9.71. The lowest BCUT2D eigenvalue weighted by Gasteiger charge is -2.18. The Bertz CT molecular complexity index is 354. The first-order valence-corrected chi connectivity index (χ1v) is 4.86. The molecule has 0 aliphatic heterocycles. The number of nitrogens with one attached hydrogen (secondary N) is 1. The highest BCUT2D eigenvalue weighted by Gasteiger charge is 2.11. The van der Waals surface area contributed by atoms with Crippen molar-refractivity contribution in [3.05, 3.63) is 28.2 Å². The van der Waals surface area contributed by atoms with E-state index in [9.17, 15) is 4.79 Å². The number of halogens is 1. The van der Waals surface area contributed by atoms with Gasteiger partial charge in [-0.15, -0.1) is 0 Å². The Kier molecular flexibility index (Phi) is 3.49. The summed E-state index contributed by atoms with van der Waals surface area (Å²) in [5, 5.41) is 0. The summed E-state index contributed by atoms with van der Waals surface area (Å²) in [4.78, 5) is 12.7. The number of nitrogens with zero attached hydrogens (tertiary/aromatic N) is 1. The molecule has 0 aliphatic rings. The van der Waals surface area contributed by atoms with Crippen LogP contribution in [0.1, 0.15) is 5.56 Å². The fraction of sp³-hybridized carbons (Fsp3) is 0.222. The van der Waals surface area contributed by atoms with Crippen molar-refractivity contribution in [3.63, 3.8) is 0 Å². The van der Waals surface area contributed by atoms with Crippen LogP contribution in [0, 0.1) is 6.92 Å². The van der Waals surface area contributed by atoms with Gasteiger partial charge in [0.25, 0.3) is 0 Å². The van der Waals surface area contributed by atoms with Gasteiger partial charge < -0.3 is 0 Å². The predicted octanol–water partition coefficient (Wildman–Crippen LogP) is 1.78. The van der Waals surface area contributed by atoms with Gasteiger partial charge in [-0.1, -0.05) is 22.0 Å². The van der Waals surface area contributed by atoms with E-state index >= 15 is 0 Å². The monoisotopic (exact) mass is 257 g/mol. The molecular weight excluding hydrogens is 246 g/mol. The highest BCUT2D eigenvalue weighted by molar-refractivity contribution is 9.10. The maximum Gasteiger partial charge on any atom is 0.335 e. The Labute approximate surface area is 91.2 Å². The van der Waals surface area contributed by atoms with Crippen LogP contribution in [0.25, 0.3) is 0 Å². The highest BCUT2D eigenvalue weighted by Crippen LogP contribution is 2.23. The van der Waals surface area contributed by atoms with Crippen molar-refractivity contribution in [3.8, 4) is 0 Å². The number of urea groups is 1. The number of nitrogens with two attached hydrogens (primary N) is 1. The van der Waals surface area contributed by atoms with E-state index in [1.165, 1.54) is 4.90 Å². The summed E-state index contributed by atoms with van der Waals surface area (Å²) in [6, 6.07) is 5.38. The van der Waals surface area contributed by atoms with E-state index in [-0.39, 0.29) is 6.03 Å². The molecule has 0 radical (unpaired) electrons. The maximum absolute atomic E-state index is 11.3. The van der Waals surface area contributed by atoms with Crippen molar-refractivity contribution in [1.82, 2.24) is 5.43 Å². The molecule has 5 heteroatoms. The molecule has 0 unspecified atom stereocenters. The molecule has 0 spiro atoms. The van der Waals surface area contributed by atoms with Gasteiger partial charge in [-0.25, -0.2) is 10.6 Å². The number of aryl methyl sites for hydroxylation is 1. The molecule has 76 valence electrons. The molecule has 1 aromatic rings. The first-order valence-electron chi connectivity index (χ1n) is 4.06. The molecule has 2 amide bonds. The van der Waals surface area contributed by atoms with Gasteiger partial charge in [0.1, 0.15) is 0 Å². The van der Waals surface area contributed by atoms with E-state index in [0.717, 1.165) is 15.7 Å². The summed E-state index contributed by atoms with van der Waals surface area (Å²) in [5.41, 5.74) is 3.92. The lowest BCUT2D eigenvalue weighted by molar-refractivity contribution is 0.247. The molecule has 0 atom stereocenters. The Morgan fingerprint density at radius 1 is 1.57 bits per heavy atom. The van der Waals surface area contributed by atoms with Crippen molar-refractivity contribution in [2.75, 3.05) is 11.9 Å². The number of anilines is 1. The minimum atomic E-state index is -0.341. The van der Waals surface area contributed by atoms with Gasteiger partial charge >= 0.3 is 6.03 Å². The van der Waals surface area contributed by atoms with Crippen LogP contribution in [-0.2, 0) is 0 Å². The second kappa shape index (κ2) is 4.43. The third-order valence-electron chi connectivity index (χ3n) is 1.96. The molecule has 0 saturated heterocycles. The third kappa shape index (κ3) is 2.24. The van der Waals surface area contributed by atoms with Gasteiger partial charge in [-0.05, 0) is 24.6 Å². The summed E-state index contributed by atoms with van der Waals surface area (Å²) < 4.78 is 0.926. The molecule has 0 aromatic heterocycles. The summed E-state index contributed by atoms with van der Waals surface area (Å²) >= 11 is 3.35. The van der Waals surface area contributed by atoms with Crippen molar-refractivity contribution < 1.29 is 4.79 Å². The number of hydrogen-bond donors (Lipinski definition) is 2. The lowest BCUT2D eigenvalue weighted by atomic mass is 10.2. The molecule has 0 bridgehead atoms. The molecule has 0 aliphatic carbocycles. The fourth-order valence-electron chi connectivity index (χ4n) is 1.15. The number of benzene rings is 1. The Hall–Kier alpha value is -1.07. The number of rotatable bonds is 1. The fourth-order valence-corrected chi connectivity index (χ4v) is 1.50. The van der Waals surface area contributed by atoms with Gasteiger partial charge in [-0.2, -0.15) is 0 Å². The third-order valence-corrected chi connectivity index (χ3v) is 2.45. The molecule has 0 fully saturated rings. The highest BCUT2D eigenvalue weighted by atomic mass is 79.9. The van der Waals surface area contributed by atoms with Crippen LogP contribution in [0.2, 0.25) is 0 Å². The van der Waals surface area contributed by atoms with Crippen LogP contribution in [0.15, 0.2) is 22.7 Å². The van der Waals surface area contributed by atoms with Gasteiger partial charge in [0.15, 0.2) is 0 Å². The number of carbonyl (C=O) groups is 1. The lowest BCUT2D eigenvalue weighted by Crippen LogP contribution is -2.41. The van der Waals surface area contributed by atoms with Crippen molar-refractivity contribution in [2.45, 2.75) is 6.92 Å². The average molecular weight is 258 g/mol. The number of carbonyl (C=O) groups excluding carboxylic acids is 1. The molecule has 1 aromatic carbocycles. The summed E-state index contributed by atoms with van der Waals surface area (Å²) in [6.45, 7) is 1.93. The second-order valence-corrected chi connectivity index (χ2v) is 3.85. The summed E-state index contributed by atoms with van der Waals surface area (Å²) in [7, 11) is 1.66. The second-order valence-electron chi connectivity index (χ2n) is 2.94. The smallest absolute Gasteiger partial charge is 0.296 e. The SMILES string of the molecule is Cc1ccc(Br)cc1N(C)C(=O)NN. The zero-order chi connectivity index (χ0) is 10.7. The van der Waals surface area contributed by atoms with Gasteiger partial charge in [0.05, 0.1) is 0 Å². The first-order chi connectivity index (χ1) is 6.56. The standard InChI is InChI=1S/C9H12BrN3O/c1-6-3-4-7(10)5-8(6)13(2)9(14)12-11/h3-5H,11H2,1-2H3,(H,12,14). The summed E-state index contributed by atoms with van der Waals surface area (Å²) in [6.07, 6.45) is 0. The number of hydrogen-bond acceptors (Lipinski definition) is 2. The van der Waals surface area contributed by atoms with Crippen molar-refractivity contribution >= 4 is 27.6 Å². The van der Waals surface area contributed by atoms with E-state index in [2.05, 4.69) is 21.4 Å². The predicted molar refractivity (Wildman–Crippen MR) is 60.0 cm³/mol. The van der Waals surface area contributed by atoms with Crippen LogP contribution in [0.4, 0.5) is 10.5 Å². The van der Waals surface area contributed by atoms with Crippen LogP contribution >= 0.6 is 15.9 Å². The minimum Gasteiger partial charge on any atom is -0.296 e. The quantitative estimate of drug-likeness (QED) is 0.458.